The van der Waals surface area contributed by atoms with Crippen molar-refractivity contribution in [3.63, 3.8) is 0 Å². The van der Waals surface area contributed by atoms with Gasteiger partial charge in [-0.25, -0.2) is 0 Å². The van der Waals surface area contributed by atoms with Crippen LogP contribution in [-0.4, -0.2) is 25.0 Å². The topological polar surface area (TPSA) is 41.1 Å². The van der Waals surface area contributed by atoms with Gasteiger partial charge in [0.25, 0.3) is 0 Å². The lowest BCUT2D eigenvalue weighted by atomic mass is 9.84. The molecule has 1 amide bonds. The second-order valence-electron chi connectivity index (χ2n) is 6.11. The molecule has 0 radical (unpaired) electrons. The zero-order valence-corrected chi connectivity index (χ0v) is 11.7. The highest BCUT2D eigenvalue weighted by molar-refractivity contribution is 5.76. The summed E-state index contributed by atoms with van der Waals surface area (Å²) >= 11 is 0. The van der Waals surface area contributed by atoms with Gasteiger partial charge in [-0.05, 0) is 63.5 Å². The number of amides is 1. The Morgan fingerprint density at radius 2 is 1.94 bits per heavy atom. The molecule has 1 unspecified atom stereocenters. The molecule has 3 nitrogen and oxygen atoms in total. The standard InChI is InChI=1S/C15H28N2O/c1-2-12-5-7-14(8-6-12)17-15(18)10-13-4-3-9-16-11-13/h12-14,16H,2-11H2,1H3,(H,17,18). The first-order chi connectivity index (χ1) is 8.78. The van der Waals surface area contributed by atoms with E-state index in [1.54, 1.807) is 0 Å². The monoisotopic (exact) mass is 252 g/mol. The second kappa shape index (κ2) is 7.13. The van der Waals surface area contributed by atoms with Gasteiger partial charge in [-0.15, -0.1) is 0 Å². The van der Waals surface area contributed by atoms with Gasteiger partial charge in [-0.3, -0.25) is 4.79 Å². The molecule has 18 heavy (non-hydrogen) atoms. The molecule has 104 valence electrons. The number of carbonyl (C=O) groups excluding carboxylic acids is 1. The summed E-state index contributed by atoms with van der Waals surface area (Å²) in [7, 11) is 0. The van der Waals surface area contributed by atoms with Crippen LogP contribution >= 0.6 is 0 Å². The molecule has 2 aliphatic rings. The van der Waals surface area contributed by atoms with E-state index in [0.29, 0.717) is 12.0 Å². The van der Waals surface area contributed by atoms with Gasteiger partial charge in [0.15, 0.2) is 0 Å². The quantitative estimate of drug-likeness (QED) is 0.807. The molecule has 0 bridgehead atoms. The first-order valence-corrected chi connectivity index (χ1v) is 7.78. The van der Waals surface area contributed by atoms with E-state index in [1.165, 1.54) is 44.9 Å². The van der Waals surface area contributed by atoms with E-state index in [1.807, 2.05) is 0 Å². The summed E-state index contributed by atoms with van der Waals surface area (Å²) in [6.07, 6.45) is 9.43. The lowest BCUT2D eigenvalue weighted by Gasteiger charge is -2.29. The molecule has 3 heteroatoms. The molecule has 0 spiro atoms. The molecule has 0 aromatic heterocycles. The van der Waals surface area contributed by atoms with E-state index < -0.39 is 0 Å². The highest BCUT2D eigenvalue weighted by Crippen LogP contribution is 2.26. The van der Waals surface area contributed by atoms with Gasteiger partial charge < -0.3 is 10.6 Å². The minimum atomic E-state index is 0.281. The van der Waals surface area contributed by atoms with E-state index in [4.69, 9.17) is 0 Å². The molecule has 2 rings (SSSR count). The van der Waals surface area contributed by atoms with E-state index in [-0.39, 0.29) is 5.91 Å². The number of hydrogen-bond acceptors (Lipinski definition) is 2. The molecule has 1 aliphatic carbocycles. The van der Waals surface area contributed by atoms with Crippen molar-refractivity contribution >= 4 is 5.91 Å². The third-order valence-corrected chi connectivity index (χ3v) is 4.66. The van der Waals surface area contributed by atoms with E-state index in [0.717, 1.165) is 25.4 Å². The average molecular weight is 252 g/mol. The van der Waals surface area contributed by atoms with Gasteiger partial charge in [0.05, 0.1) is 0 Å². The molecular weight excluding hydrogens is 224 g/mol. The fourth-order valence-electron chi connectivity index (χ4n) is 3.36. The van der Waals surface area contributed by atoms with Crippen LogP contribution < -0.4 is 10.6 Å². The van der Waals surface area contributed by atoms with Crippen molar-refractivity contribution < 1.29 is 4.79 Å². The molecule has 1 atom stereocenters. The number of rotatable bonds is 4. The molecule has 1 aliphatic heterocycles. The Labute approximate surface area is 111 Å². The highest BCUT2D eigenvalue weighted by Gasteiger charge is 2.23. The Hall–Kier alpha value is -0.570. The minimum Gasteiger partial charge on any atom is -0.353 e. The summed E-state index contributed by atoms with van der Waals surface area (Å²) in [5.74, 6) is 1.75. The van der Waals surface area contributed by atoms with Crippen molar-refractivity contribution in [1.29, 1.82) is 0 Å². The molecule has 1 saturated heterocycles. The van der Waals surface area contributed by atoms with Gasteiger partial charge in [-0.1, -0.05) is 13.3 Å². The van der Waals surface area contributed by atoms with Crippen LogP contribution in [0, 0.1) is 11.8 Å². The van der Waals surface area contributed by atoms with Crippen LogP contribution in [0.1, 0.15) is 58.3 Å². The summed E-state index contributed by atoms with van der Waals surface area (Å²) < 4.78 is 0. The van der Waals surface area contributed by atoms with Crippen LogP contribution in [0.5, 0.6) is 0 Å². The van der Waals surface area contributed by atoms with Crippen LogP contribution in [0.15, 0.2) is 0 Å². The van der Waals surface area contributed by atoms with Crippen LogP contribution in [0.4, 0.5) is 0 Å². The molecule has 2 N–H and O–H groups in total. The van der Waals surface area contributed by atoms with Crippen LogP contribution in [-0.2, 0) is 4.79 Å². The maximum absolute atomic E-state index is 12.0. The number of carbonyl (C=O) groups is 1. The van der Waals surface area contributed by atoms with Crippen LogP contribution in [0.25, 0.3) is 0 Å². The van der Waals surface area contributed by atoms with Gasteiger partial charge in [0.2, 0.25) is 5.91 Å². The molecule has 1 saturated carbocycles. The van der Waals surface area contributed by atoms with Gasteiger partial charge in [0.1, 0.15) is 0 Å². The summed E-state index contributed by atoms with van der Waals surface area (Å²) in [4.78, 5) is 12.0. The smallest absolute Gasteiger partial charge is 0.220 e. The third kappa shape index (κ3) is 4.27. The first-order valence-electron chi connectivity index (χ1n) is 7.78. The molecule has 0 aromatic rings. The van der Waals surface area contributed by atoms with Crippen LogP contribution in [0.2, 0.25) is 0 Å². The lowest BCUT2D eigenvalue weighted by molar-refractivity contribution is -0.123. The van der Waals surface area contributed by atoms with Crippen LogP contribution in [0.3, 0.4) is 0 Å². The number of nitrogens with one attached hydrogen (secondary N) is 2. The van der Waals surface area contributed by atoms with Crippen molar-refractivity contribution in [1.82, 2.24) is 10.6 Å². The van der Waals surface area contributed by atoms with E-state index in [9.17, 15) is 4.79 Å². The Bertz CT molecular complexity index is 253. The normalized spacial score (nSPS) is 33.1. The third-order valence-electron chi connectivity index (χ3n) is 4.66. The predicted molar refractivity (Wildman–Crippen MR) is 74.4 cm³/mol. The van der Waals surface area contributed by atoms with E-state index >= 15 is 0 Å². The second-order valence-corrected chi connectivity index (χ2v) is 6.11. The fourth-order valence-corrected chi connectivity index (χ4v) is 3.36. The number of piperidine rings is 1. The Morgan fingerprint density at radius 1 is 1.17 bits per heavy atom. The zero-order chi connectivity index (χ0) is 12.8. The SMILES string of the molecule is CCC1CCC(NC(=O)CC2CCCNC2)CC1. The van der Waals surface area contributed by atoms with Crippen molar-refractivity contribution in [2.75, 3.05) is 13.1 Å². The van der Waals surface area contributed by atoms with Crippen molar-refractivity contribution in [3.8, 4) is 0 Å². The number of hydrogen-bond donors (Lipinski definition) is 2. The van der Waals surface area contributed by atoms with Gasteiger partial charge in [-0.2, -0.15) is 0 Å². The summed E-state index contributed by atoms with van der Waals surface area (Å²) in [6, 6.07) is 0.455. The molecule has 2 fully saturated rings. The largest absolute Gasteiger partial charge is 0.353 e. The first kappa shape index (κ1) is 13.9. The van der Waals surface area contributed by atoms with Crippen molar-refractivity contribution in [2.24, 2.45) is 11.8 Å². The van der Waals surface area contributed by atoms with E-state index in [2.05, 4.69) is 17.6 Å². The molecule has 0 aromatic carbocycles. The zero-order valence-electron chi connectivity index (χ0n) is 11.7. The summed E-state index contributed by atoms with van der Waals surface area (Å²) in [6.45, 7) is 4.43. The van der Waals surface area contributed by atoms with Crippen molar-refractivity contribution in [3.05, 3.63) is 0 Å². The Morgan fingerprint density at radius 3 is 2.56 bits per heavy atom. The molecule has 1 heterocycles. The average Bonchev–Trinajstić information content (AvgIpc) is 2.40. The van der Waals surface area contributed by atoms with Crippen molar-refractivity contribution in [2.45, 2.75) is 64.3 Å². The highest BCUT2D eigenvalue weighted by atomic mass is 16.1. The summed E-state index contributed by atoms with van der Waals surface area (Å²) in [5, 5.41) is 6.62. The lowest BCUT2D eigenvalue weighted by Crippen LogP contribution is -2.40. The predicted octanol–water partition coefficient (Wildman–Crippen LogP) is 2.46. The fraction of sp³-hybridized carbons (Fsp3) is 0.933. The minimum absolute atomic E-state index is 0.281. The maximum atomic E-state index is 12.0. The molecular formula is C15H28N2O. The Balaban J connectivity index is 1.65. The summed E-state index contributed by atoms with van der Waals surface area (Å²) in [5.41, 5.74) is 0. The maximum Gasteiger partial charge on any atom is 0.220 e. The Kier molecular flexibility index (Phi) is 5.48. The van der Waals surface area contributed by atoms with Gasteiger partial charge in [0, 0.05) is 12.5 Å². The van der Waals surface area contributed by atoms with Gasteiger partial charge >= 0.3 is 0 Å².